The Hall–Kier alpha value is -2.77. The molecule has 0 spiro atoms. The minimum Gasteiger partial charge on any atom is -0.326 e. The van der Waals surface area contributed by atoms with E-state index in [2.05, 4.69) is 10.6 Å². The van der Waals surface area contributed by atoms with E-state index in [1.54, 1.807) is 23.5 Å². The largest absolute Gasteiger partial charge is 0.326 e. The van der Waals surface area contributed by atoms with Crippen molar-refractivity contribution in [1.29, 1.82) is 0 Å². The minimum atomic E-state index is -0.152. The SMILES string of the molecule is CC(=O)Nc1ccc(CC(=O)Nc2sc3c(c2C(=O)c2cccs2)CCCC3)cc1. The van der Waals surface area contributed by atoms with E-state index < -0.39 is 0 Å². The van der Waals surface area contributed by atoms with Crippen LogP contribution < -0.4 is 10.6 Å². The van der Waals surface area contributed by atoms with Crippen LogP contribution in [0.15, 0.2) is 41.8 Å². The lowest BCUT2D eigenvalue weighted by atomic mass is 9.93. The lowest BCUT2D eigenvalue weighted by Gasteiger charge is -2.12. The molecule has 1 aromatic carbocycles. The van der Waals surface area contributed by atoms with Gasteiger partial charge >= 0.3 is 0 Å². The van der Waals surface area contributed by atoms with Crippen molar-refractivity contribution >= 4 is 51.0 Å². The van der Waals surface area contributed by atoms with Gasteiger partial charge in [-0.2, -0.15) is 0 Å². The summed E-state index contributed by atoms with van der Waals surface area (Å²) in [4.78, 5) is 38.9. The van der Waals surface area contributed by atoms with Crippen molar-refractivity contribution in [3.8, 4) is 0 Å². The van der Waals surface area contributed by atoms with Gasteiger partial charge in [0.15, 0.2) is 0 Å². The quantitative estimate of drug-likeness (QED) is 0.528. The maximum atomic E-state index is 13.2. The number of ketones is 1. The summed E-state index contributed by atoms with van der Waals surface area (Å²) in [5, 5.41) is 8.28. The summed E-state index contributed by atoms with van der Waals surface area (Å²) in [5.41, 5.74) is 3.32. The van der Waals surface area contributed by atoms with E-state index in [-0.39, 0.29) is 24.0 Å². The normalized spacial score (nSPS) is 12.8. The third kappa shape index (κ3) is 4.52. The first kappa shape index (κ1) is 20.5. The highest BCUT2D eigenvalue weighted by Crippen LogP contribution is 2.39. The predicted octanol–water partition coefficient (Wildman–Crippen LogP) is 5.06. The summed E-state index contributed by atoms with van der Waals surface area (Å²) in [5.74, 6) is -0.287. The second-order valence-corrected chi connectivity index (χ2v) is 9.38. The van der Waals surface area contributed by atoms with Crippen LogP contribution in [0, 0.1) is 0 Å². The van der Waals surface area contributed by atoms with Crippen molar-refractivity contribution in [1.82, 2.24) is 0 Å². The Kier molecular flexibility index (Phi) is 6.11. The predicted molar refractivity (Wildman–Crippen MR) is 122 cm³/mol. The van der Waals surface area contributed by atoms with Gasteiger partial charge in [0, 0.05) is 17.5 Å². The Morgan fingerprint density at radius 2 is 1.77 bits per heavy atom. The molecule has 1 aliphatic carbocycles. The molecule has 1 aliphatic rings. The molecule has 0 fully saturated rings. The van der Waals surface area contributed by atoms with Crippen molar-refractivity contribution < 1.29 is 14.4 Å². The maximum absolute atomic E-state index is 13.2. The molecule has 2 amide bonds. The van der Waals surface area contributed by atoms with Gasteiger partial charge in [0.05, 0.1) is 16.9 Å². The lowest BCUT2D eigenvalue weighted by Crippen LogP contribution is -2.16. The van der Waals surface area contributed by atoms with Gasteiger partial charge in [-0.3, -0.25) is 14.4 Å². The standard InChI is InChI=1S/C23H22N2O3S2/c1-14(26)24-16-10-8-15(9-11-16)13-20(27)25-23-21(22(28)19-7-4-12-29-19)17-5-2-3-6-18(17)30-23/h4,7-12H,2-3,5-6,13H2,1H3,(H,24,26)(H,25,27). The van der Waals surface area contributed by atoms with Crippen molar-refractivity contribution in [2.45, 2.75) is 39.0 Å². The number of hydrogen-bond donors (Lipinski definition) is 2. The zero-order valence-electron chi connectivity index (χ0n) is 16.6. The maximum Gasteiger partial charge on any atom is 0.229 e. The Morgan fingerprint density at radius 3 is 2.47 bits per heavy atom. The number of hydrogen-bond acceptors (Lipinski definition) is 5. The molecule has 0 unspecified atom stereocenters. The molecule has 0 saturated carbocycles. The smallest absolute Gasteiger partial charge is 0.229 e. The number of amides is 2. The molecule has 2 N–H and O–H groups in total. The lowest BCUT2D eigenvalue weighted by molar-refractivity contribution is -0.116. The summed E-state index contributed by atoms with van der Waals surface area (Å²) in [6.45, 7) is 1.46. The highest BCUT2D eigenvalue weighted by molar-refractivity contribution is 7.17. The number of aryl methyl sites for hydroxylation is 1. The molecule has 0 atom stereocenters. The average Bonchev–Trinajstić information content (AvgIpc) is 3.36. The third-order valence-electron chi connectivity index (χ3n) is 5.04. The highest BCUT2D eigenvalue weighted by atomic mass is 32.1. The molecule has 2 heterocycles. The van der Waals surface area contributed by atoms with Gasteiger partial charge in [0.2, 0.25) is 17.6 Å². The molecule has 2 aromatic heterocycles. The van der Waals surface area contributed by atoms with Gasteiger partial charge in [-0.25, -0.2) is 0 Å². The van der Waals surface area contributed by atoms with Crippen LogP contribution in [0.3, 0.4) is 0 Å². The van der Waals surface area contributed by atoms with E-state index in [0.717, 1.165) is 36.8 Å². The van der Waals surface area contributed by atoms with E-state index in [1.807, 2.05) is 29.6 Å². The van der Waals surface area contributed by atoms with Crippen LogP contribution in [0.2, 0.25) is 0 Å². The third-order valence-corrected chi connectivity index (χ3v) is 7.11. The van der Waals surface area contributed by atoms with E-state index in [4.69, 9.17) is 0 Å². The Labute approximate surface area is 183 Å². The minimum absolute atomic E-state index is 0.000593. The molecule has 30 heavy (non-hydrogen) atoms. The second-order valence-electron chi connectivity index (χ2n) is 7.32. The number of nitrogens with one attached hydrogen (secondary N) is 2. The first-order chi connectivity index (χ1) is 14.5. The van der Waals surface area contributed by atoms with Crippen LogP contribution >= 0.6 is 22.7 Å². The molecule has 154 valence electrons. The number of anilines is 2. The molecular weight excluding hydrogens is 416 g/mol. The fourth-order valence-electron chi connectivity index (χ4n) is 3.69. The van der Waals surface area contributed by atoms with Crippen molar-refractivity contribution in [2.24, 2.45) is 0 Å². The fraction of sp³-hybridized carbons (Fsp3) is 0.261. The molecule has 0 aliphatic heterocycles. The van der Waals surface area contributed by atoms with Gasteiger partial charge in [0.25, 0.3) is 0 Å². The van der Waals surface area contributed by atoms with Crippen molar-refractivity contribution in [3.05, 3.63) is 68.2 Å². The Balaban J connectivity index is 1.54. The molecule has 0 radical (unpaired) electrons. The van der Waals surface area contributed by atoms with E-state index in [1.165, 1.54) is 23.1 Å². The zero-order valence-corrected chi connectivity index (χ0v) is 18.3. The van der Waals surface area contributed by atoms with Crippen molar-refractivity contribution in [3.63, 3.8) is 0 Å². The van der Waals surface area contributed by atoms with Gasteiger partial charge in [-0.15, -0.1) is 22.7 Å². The number of benzene rings is 1. The number of carbonyl (C=O) groups is 3. The molecule has 3 aromatic rings. The molecule has 0 saturated heterocycles. The van der Waals surface area contributed by atoms with E-state index in [9.17, 15) is 14.4 Å². The first-order valence-electron chi connectivity index (χ1n) is 9.90. The van der Waals surface area contributed by atoms with Crippen LogP contribution in [0.4, 0.5) is 10.7 Å². The van der Waals surface area contributed by atoms with Gasteiger partial charge in [-0.1, -0.05) is 18.2 Å². The monoisotopic (exact) mass is 438 g/mol. The average molecular weight is 439 g/mol. The summed E-state index contributed by atoms with van der Waals surface area (Å²) in [6, 6.07) is 10.9. The van der Waals surface area contributed by atoms with Gasteiger partial charge < -0.3 is 10.6 Å². The molecule has 7 heteroatoms. The summed E-state index contributed by atoms with van der Waals surface area (Å²) in [7, 11) is 0. The molecule has 5 nitrogen and oxygen atoms in total. The van der Waals surface area contributed by atoms with E-state index in [0.29, 0.717) is 21.1 Å². The summed E-state index contributed by atoms with van der Waals surface area (Å²) >= 11 is 2.97. The van der Waals surface area contributed by atoms with E-state index >= 15 is 0 Å². The van der Waals surface area contributed by atoms with Crippen LogP contribution in [-0.2, 0) is 28.9 Å². The summed E-state index contributed by atoms with van der Waals surface area (Å²) < 4.78 is 0. The first-order valence-corrected chi connectivity index (χ1v) is 11.6. The molecule has 4 rings (SSSR count). The second kappa shape index (κ2) is 8.93. The van der Waals surface area contributed by atoms with Crippen LogP contribution in [0.5, 0.6) is 0 Å². The fourth-order valence-corrected chi connectivity index (χ4v) is 5.66. The number of fused-ring (bicyclic) bond motifs is 1. The highest BCUT2D eigenvalue weighted by Gasteiger charge is 2.27. The van der Waals surface area contributed by atoms with Crippen molar-refractivity contribution in [2.75, 3.05) is 10.6 Å². The summed E-state index contributed by atoms with van der Waals surface area (Å²) in [6.07, 6.45) is 4.25. The molecular formula is C23H22N2O3S2. The topological polar surface area (TPSA) is 75.3 Å². The van der Waals surface area contributed by atoms with Gasteiger partial charge in [0.1, 0.15) is 5.00 Å². The van der Waals surface area contributed by atoms with Crippen LogP contribution in [-0.4, -0.2) is 17.6 Å². The number of thiophene rings is 2. The Morgan fingerprint density at radius 1 is 1.00 bits per heavy atom. The Bertz CT molecular complexity index is 1080. The number of carbonyl (C=O) groups excluding carboxylic acids is 3. The number of rotatable bonds is 6. The van der Waals surface area contributed by atoms with Crippen LogP contribution in [0.1, 0.15) is 51.0 Å². The van der Waals surface area contributed by atoms with Crippen LogP contribution in [0.25, 0.3) is 0 Å². The van der Waals surface area contributed by atoms with Gasteiger partial charge in [-0.05, 0) is 60.4 Å². The molecule has 0 bridgehead atoms. The zero-order chi connectivity index (χ0) is 21.1.